The second-order valence-electron chi connectivity index (χ2n) is 4.81. The maximum Gasteiger partial charge on any atom is 0.173 e. The number of hydrogen-bond acceptors (Lipinski definition) is 1. The van der Waals surface area contributed by atoms with Crippen LogP contribution < -0.4 is 5.32 Å². The molecule has 19 heavy (non-hydrogen) atoms. The van der Waals surface area contributed by atoms with Gasteiger partial charge in [-0.2, -0.15) is 0 Å². The average molecular weight is 301 g/mol. The Bertz CT molecular complexity index is 445. The van der Waals surface area contributed by atoms with Crippen LogP contribution >= 0.6 is 23.8 Å². The first kappa shape index (κ1) is 14.5. The summed E-state index contributed by atoms with van der Waals surface area (Å²) in [5.74, 6) is -0.413. The molecule has 0 atom stereocenters. The van der Waals surface area contributed by atoms with E-state index in [0.29, 0.717) is 5.11 Å². The van der Waals surface area contributed by atoms with Gasteiger partial charge in [-0.1, -0.05) is 30.9 Å². The van der Waals surface area contributed by atoms with Gasteiger partial charge in [-0.15, -0.1) is 0 Å². The summed E-state index contributed by atoms with van der Waals surface area (Å²) >= 11 is 11.2. The third kappa shape index (κ3) is 4.32. The van der Waals surface area contributed by atoms with Gasteiger partial charge in [0.1, 0.15) is 5.82 Å². The maximum absolute atomic E-state index is 13.1. The van der Waals surface area contributed by atoms with Gasteiger partial charge >= 0.3 is 0 Å². The van der Waals surface area contributed by atoms with Crippen molar-refractivity contribution in [2.24, 2.45) is 0 Å². The topological polar surface area (TPSA) is 15.3 Å². The number of rotatable bonds is 1. The van der Waals surface area contributed by atoms with Crippen molar-refractivity contribution < 1.29 is 4.39 Å². The fourth-order valence-corrected chi connectivity index (χ4v) is 2.71. The van der Waals surface area contributed by atoms with Gasteiger partial charge < -0.3 is 10.2 Å². The van der Waals surface area contributed by atoms with Gasteiger partial charge in [0.15, 0.2) is 5.11 Å². The van der Waals surface area contributed by atoms with Crippen molar-refractivity contribution in [3.63, 3.8) is 0 Å². The summed E-state index contributed by atoms with van der Waals surface area (Å²) in [5, 5.41) is 3.94. The minimum absolute atomic E-state index is 0.112. The van der Waals surface area contributed by atoms with Crippen molar-refractivity contribution in [1.82, 2.24) is 4.90 Å². The molecule has 0 amide bonds. The van der Waals surface area contributed by atoms with E-state index in [4.69, 9.17) is 23.8 Å². The van der Waals surface area contributed by atoms with Gasteiger partial charge in [0.05, 0.1) is 5.02 Å². The molecule has 2 rings (SSSR count). The SMILES string of the molecule is Fc1ccc(NC(=S)N2CCCCCCC2)cc1Cl. The van der Waals surface area contributed by atoms with Gasteiger partial charge in [-0.3, -0.25) is 0 Å². The van der Waals surface area contributed by atoms with Crippen LogP contribution in [0.15, 0.2) is 18.2 Å². The lowest BCUT2D eigenvalue weighted by Crippen LogP contribution is -2.36. The first-order valence-corrected chi connectivity index (χ1v) is 7.46. The van der Waals surface area contributed by atoms with E-state index in [1.807, 2.05) is 0 Å². The van der Waals surface area contributed by atoms with Gasteiger partial charge in [0.2, 0.25) is 0 Å². The molecule has 1 aromatic rings. The van der Waals surface area contributed by atoms with Crippen molar-refractivity contribution in [3.8, 4) is 0 Å². The number of nitrogens with zero attached hydrogens (tertiary/aromatic N) is 1. The first-order valence-electron chi connectivity index (χ1n) is 6.68. The van der Waals surface area contributed by atoms with Gasteiger partial charge in [-0.25, -0.2) is 4.39 Å². The highest BCUT2D eigenvalue weighted by atomic mass is 35.5. The van der Waals surface area contributed by atoms with Gasteiger partial charge in [0, 0.05) is 18.8 Å². The Labute approximate surface area is 123 Å². The van der Waals surface area contributed by atoms with E-state index in [1.165, 1.54) is 38.2 Å². The average Bonchev–Trinajstić information content (AvgIpc) is 2.33. The molecule has 0 aliphatic carbocycles. The molecule has 0 aromatic heterocycles. The van der Waals surface area contributed by atoms with Gasteiger partial charge in [0.25, 0.3) is 0 Å². The van der Waals surface area contributed by atoms with Crippen LogP contribution in [0.25, 0.3) is 0 Å². The molecule has 1 saturated heterocycles. The van der Waals surface area contributed by atoms with Crippen LogP contribution in [-0.4, -0.2) is 23.1 Å². The number of halogens is 2. The van der Waals surface area contributed by atoms with E-state index in [-0.39, 0.29) is 5.02 Å². The molecule has 1 N–H and O–H groups in total. The fourth-order valence-electron chi connectivity index (χ4n) is 2.23. The maximum atomic E-state index is 13.1. The minimum Gasteiger partial charge on any atom is -0.349 e. The molecule has 0 saturated carbocycles. The Morgan fingerprint density at radius 3 is 2.42 bits per heavy atom. The van der Waals surface area contributed by atoms with Gasteiger partial charge in [-0.05, 0) is 43.3 Å². The molecule has 1 aliphatic rings. The third-order valence-electron chi connectivity index (χ3n) is 3.31. The molecular weight excluding hydrogens is 283 g/mol. The van der Waals surface area contributed by atoms with E-state index < -0.39 is 5.82 Å². The highest BCUT2D eigenvalue weighted by Gasteiger charge is 2.12. The van der Waals surface area contributed by atoms with Crippen LogP contribution in [0, 0.1) is 5.82 Å². The van der Waals surface area contributed by atoms with Crippen molar-refractivity contribution >= 4 is 34.6 Å². The molecule has 1 fully saturated rings. The molecule has 0 radical (unpaired) electrons. The molecule has 104 valence electrons. The minimum atomic E-state index is -0.413. The van der Waals surface area contributed by atoms with Crippen LogP contribution in [0.4, 0.5) is 10.1 Å². The largest absolute Gasteiger partial charge is 0.349 e. The Morgan fingerprint density at radius 1 is 1.16 bits per heavy atom. The van der Waals surface area contributed by atoms with Crippen LogP contribution in [0.3, 0.4) is 0 Å². The lowest BCUT2D eigenvalue weighted by Gasteiger charge is -2.27. The summed E-state index contributed by atoms with van der Waals surface area (Å²) in [6.45, 7) is 1.97. The molecule has 0 spiro atoms. The molecule has 1 aliphatic heterocycles. The van der Waals surface area contributed by atoms with E-state index in [0.717, 1.165) is 18.8 Å². The molecule has 2 nitrogen and oxygen atoms in total. The summed E-state index contributed by atoms with van der Waals surface area (Å²) < 4.78 is 13.1. The van der Waals surface area contributed by atoms with Crippen LogP contribution in [-0.2, 0) is 0 Å². The van der Waals surface area contributed by atoms with Crippen molar-refractivity contribution in [1.29, 1.82) is 0 Å². The van der Waals surface area contributed by atoms with Crippen LogP contribution in [0.2, 0.25) is 5.02 Å². The lowest BCUT2D eigenvalue weighted by molar-refractivity contribution is 0.366. The zero-order valence-electron chi connectivity index (χ0n) is 10.8. The molecule has 5 heteroatoms. The quantitative estimate of drug-likeness (QED) is 0.772. The number of anilines is 1. The summed E-state index contributed by atoms with van der Waals surface area (Å²) in [6, 6.07) is 4.56. The number of nitrogens with one attached hydrogen (secondary N) is 1. The van der Waals surface area contributed by atoms with E-state index in [2.05, 4.69) is 10.2 Å². The smallest absolute Gasteiger partial charge is 0.173 e. The third-order valence-corrected chi connectivity index (χ3v) is 3.96. The predicted octanol–water partition coefficient (Wildman–Crippen LogP) is 4.44. The summed E-state index contributed by atoms with van der Waals surface area (Å²) in [6.07, 6.45) is 6.20. The Morgan fingerprint density at radius 2 is 1.79 bits per heavy atom. The number of benzene rings is 1. The van der Waals surface area contributed by atoms with Crippen LogP contribution in [0.1, 0.15) is 32.1 Å². The summed E-state index contributed by atoms with van der Waals surface area (Å²) in [5.41, 5.74) is 0.735. The normalized spacial score (nSPS) is 16.6. The number of thiocarbonyl (C=S) groups is 1. The highest BCUT2D eigenvalue weighted by Crippen LogP contribution is 2.20. The van der Waals surface area contributed by atoms with Crippen molar-refractivity contribution in [3.05, 3.63) is 29.0 Å². The zero-order chi connectivity index (χ0) is 13.7. The Balaban J connectivity index is 1.96. The molecule has 0 unspecified atom stereocenters. The lowest BCUT2D eigenvalue weighted by atomic mass is 10.1. The Hall–Kier alpha value is -0.870. The summed E-state index contributed by atoms with van der Waals surface area (Å²) in [4.78, 5) is 2.19. The molecule has 0 bridgehead atoms. The number of likely N-dealkylation sites (tertiary alicyclic amines) is 1. The molecule has 1 aromatic carbocycles. The van der Waals surface area contributed by atoms with Crippen molar-refractivity contribution in [2.75, 3.05) is 18.4 Å². The second-order valence-corrected chi connectivity index (χ2v) is 5.61. The fraction of sp³-hybridized carbons (Fsp3) is 0.500. The summed E-state index contributed by atoms with van der Waals surface area (Å²) in [7, 11) is 0. The standard InChI is InChI=1S/C14H18ClFN2S/c15-12-10-11(6-7-13(12)16)17-14(19)18-8-4-2-1-3-5-9-18/h6-7,10H,1-5,8-9H2,(H,17,19). The Kier molecular flexibility index (Phi) is 5.40. The monoisotopic (exact) mass is 300 g/mol. The van der Waals surface area contributed by atoms with E-state index >= 15 is 0 Å². The zero-order valence-corrected chi connectivity index (χ0v) is 12.4. The van der Waals surface area contributed by atoms with E-state index in [1.54, 1.807) is 12.1 Å². The first-order chi connectivity index (χ1) is 9.16. The van der Waals surface area contributed by atoms with E-state index in [9.17, 15) is 4.39 Å². The molecular formula is C14H18ClFN2S. The highest BCUT2D eigenvalue weighted by molar-refractivity contribution is 7.80. The molecule has 1 heterocycles. The predicted molar refractivity (Wildman–Crippen MR) is 82.3 cm³/mol. The van der Waals surface area contributed by atoms with Crippen molar-refractivity contribution in [2.45, 2.75) is 32.1 Å². The number of hydrogen-bond donors (Lipinski definition) is 1. The van der Waals surface area contributed by atoms with Crippen LogP contribution in [0.5, 0.6) is 0 Å². The second kappa shape index (κ2) is 7.06.